The van der Waals surface area contributed by atoms with Crippen molar-refractivity contribution in [1.29, 1.82) is 0 Å². The minimum Gasteiger partial charge on any atom is -0.508 e. The molecule has 0 heterocycles. The lowest BCUT2D eigenvalue weighted by Gasteiger charge is -2.02. The standard InChI is InChI=1S/C12H17NO2/c1-13-7-3-2-4-10-5-6-12(15)11(8-10)9-14/h2,4-6,8,13-15H,3,7,9H2,1H3. The predicted molar refractivity (Wildman–Crippen MR) is 61.6 cm³/mol. The van der Waals surface area contributed by atoms with Crippen molar-refractivity contribution in [2.45, 2.75) is 13.0 Å². The van der Waals surface area contributed by atoms with Crippen molar-refractivity contribution >= 4 is 6.08 Å². The number of hydrogen-bond donors (Lipinski definition) is 3. The SMILES string of the molecule is CNCCC=Cc1ccc(O)c(CO)c1. The van der Waals surface area contributed by atoms with E-state index >= 15 is 0 Å². The van der Waals surface area contributed by atoms with Crippen molar-refractivity contribution in [3.05, 3.63) is 35.4 Å². The summed E-state index contributed by atoms with van der Waals surface area (Å²) < 4.78 is 0. The van der Waals surface area contributed by atoms with E-state index in [-0.39, 0.29) is 12.4 Å². The molecule has 15 heavy (non-hydrogen) atoms. The van der Waals surface area contributed by atoms with Crippen LogP contribution in [0.5, 0.6) is 5.75 Å². The van der Waals surface area contributed by atoms with Crippen LogP contribution in [0.25, 0.3) is 6.08 Å². The predicted octanol–water partition coefficient (Wildman–Crippen LogP) is 1.51. The van der Waals surface area contributed by atoms with Gasteiger partial charge in [0.25, 0.3) is 0 Å². The zero-order valence-corrected chi connectivity index (χ0v) is 8.90. The van der Waals surface area contributed by atoms with Crippen LogP contribution in [0.1, 0.15) is 17.5 Å². The summed E-state index contributed by atoms with van der Waals surface area (Å²) in [6.07, 6.45) is 5.01. The van der Waals surface area contributed by atoms with Crippen LogP contribution in [0.3, 0.4) is 0 Å². The summed E-state index contributed by atoms with van der Waals surface area (Å²) in [4.78, 5) is 0. The average Bonchev–Trinajstić information content (AvgIpc) is 2.26. The molecule has 0 unspecified atom stereocenters. The monoisotopic (exact) mass is 207 g/mol. The van der Waals surface area contributed by atoms with Crippen molar-refractivity contribution in [3.8, 4) is 5.75 Å². The normalized spacial score (nSPS) is 11.1. The van der Waals surface area contributed by atoms with Crippen LogP contribution in [-0.2, 0) is 6.61 Å². The number of hydrogen-bond acceptors (Lipinski definition) is 3. The first-order chi connectivity index (χ1) is 7.27. The number of aliphatic hydroxyl groups is 1. The molecule has 1 aromatic rings. The maximum Gasteiger partial charge on any atom is 0.121 e. The Morgan fingerprint density at radius 2 is 2.20 bits per heavy atom. The summed E-state index contributed by atoms with van der Waals surface area (Å²) in [5, 5.41) is 21.4. The maximum atomic E-state index is 9.35. The topological polar surface area (TPSA) is 52.5 Å². The van der Waals surface area contributed by atoms with Gasteiger partial charge in [-0.05, 0) is 37.7 Å². The number of nitrogens with one attached hydrogen (secondary N) is 1. The Morgan fingerprint density at radius 3 is 2.87 bits per heavy atom. The van der Waals surface area contributed by atoms with Gasteiger partial charge in [-0.2, -0.15) is 0 Å². The molecule has 3 N–H and O–H groups in total. The summed E-state index contributed by atoms with van der Waals surface area (Å²) in [6.45, 7) is 0.811. The first-order valence-electron chi connectivity index (χ1n) is 5.02. The van der Waals surface area contributed by atoms with Gasteiger partial charge >= 0.3 is 0 Å². The van der Waals surface area contributed by atoms with Crippen LogP contribution in [0.4, 0.5) is 0 Å². The van der Waals surface area contributed by atoms with Gasteiger partial charge in [0.1, 0.15) is 5.75 Å². The van der Waals surface area contributed by atoms with Crippen LogP contribution in [-0.4, -0.2) is 23.8 Å². The third-order valence-electron chi connectivity index (χ3n) is 2.15. The van der Waals surface area contributed by atoms with Gasteiger partial charge in [0, 0.05) is 5.56 Å². The van der Waals surface area contributed by atoms with E-state index in [2.05, 4.69) is 11.4 Å². The maximum absolute atomic E-state index is 9.35. The van der Waals surface area contributed by atoms with Gasteiger partial charge in [-0.3, -0.25) is 0 Å². The zero-order valence-electron chi connectivity index (χ0n) is 8.90. The van der Waals surface area contributed by atoms with E-state index in [0.717, 1.165) is 18.5 Å². The van der Waals surface area contributed by atoms with E-state index < -0.39 is 0 Å². The van der Waals surface area contributed by atoms with Gasteiger partial charge in [0.05, 0.1) is 6.61 Å². The molecule has 0 amide bonds. The Balaban J connectivity index is 2.65. The lowest BCUT2D eigenvalue weighted by molar-refractivity contribution is 0.275. The lowest BCUT2D eigenvalue weighted by atomic mass is 10.1. The molecule has 0 aliphatic carbocycles. The molecule has 0 radical (unpaired) electrons. The Morgan fingerprint density at radius 1 is 1.40 bits per heavy atom. The van der Waals surface area contributed by atoms with E-state index in [9.17, 15) is 5.11 Å². The zero-order chi connectivity index (χ0) is 11.1. The van der Waals surface area contributed by atoms with E-state index in [1.165, 1.54) is 0 Å². The summed E-state index contributed by atoms with van der Waals surface area (Å²) in [5.74, 6) is 0.143. The fourth-order valence-electron chi connectivity index (χ4n) is 1.28. The van der Waals surface area contributed by atoms with Gasteiger partial charge in [-0.1, -0.05) is 18.2 Å². The van der Waals surface area contributed by atoms with Crippen LogP contribution in [0.15, 0.2) is 24.3 Å². The van der Waals surface area contributed by atoms with Crippen molar-refractivity contribution in [2.75, 3.05) is 13.6 Å². The summed E-state index contributed by atoms with van der Waals surface area (Å²) in [7, 11) is 1.91. The lowest BCUT2D eigenvalue weighted by Crippen LogP contribution is -2.05. The third-order valence-corrected chi connectivity index (χ3v) is 2.15. The van der Waals surface area contributed by atoms with Crippen LogP contribution in [0.2, 0.25) is 0 Å². The second-order valence-electron chi connectivity index (χ2n) is 3.34. The molecular formula is C12H17NO2. The third kappa shape index (κ3) is 3.73. The second-order valence-corrected chi connectivity index (χ2v) is 3.34. The minimum atomic E-state index is -0.135. The first-order valence-corrected chi connectivity index (χ1v) is 5.02. The van der Waals surface area contributed by atoms with E-state index in [4.69, 9.17) is 5.11 Å². The number of rotatable bonds is 5. The van der Waals surface area contributed by atoms with Crippen molar-refractivity contribution in [2.24, 2.45) is 0 Å². The number of benzene rings is 1. The molecule has 0 aromatic heterocycles. The Hall–Kier alpha value is -1.32. The molecule has 0 aliphatic rings. The first kappa shape index (κ1) is 11.8. The molecule has 1 aromatic carbocycles. The number of aromatic hydroxyl groups is 1. The van der Waals surface area contributed by atoms with Gasteiger partial charge in [-0.25, -0.2) is 0 Å². The highest BCUT2D eigenvalue weighted by Crippen LogP contribution is 2.19. The molecule has 0 atom stereocenters. The second kappa shape index (κ2) is 6.22. The summed E-state index contributed by atoms with van der Waals surface area (Å²) in [5.41, 5.74) is 1.55. The molecule has 0 spiro atoms. The average molecular weight is 207 g/mol. The smallest absolute Gasteiger partial charge is 0.121 e. The Kier molecular flexibility index (Phi) is 4.87. The van der Waals surface area contributed by atoms with E-state index in [1.807, 2.05) is 19.2 Å². The highest BCUT2D eigenvalue weighted by atomic mass is 16.3. The Bertz CT molecular complexity index is 334. The number of phenols is 1. The van der Waals surface area contributed by atoms with Gasteiger partial charge in [-0.15, -0.1) is 0 Å². The minimum absolute atomic E-state index is 0.135. The molecule has 1 rings (SSSR count). The Labute approximate surface area is 90.1 Å². The fraction of sp³-hybridized carbons (Fsp3) is 0.333. The van der Waals surface area contributed by atoms with Crippen molar-refractivity contribution < 1.29 is 10.2 Å². The van der Waals surface area contributed by atoms with Crippen LogP contribution >= 0.6 is 0 Å². The van der Waals surface area contributed by atoms with Gasteiger partial charge in [0.2, 0.25) is 0 Å². The quantitative estimate of drug-likeness (QED) is 0.641. The highest BCUT2D eigenvalue weighted by Gasteiger charge is 1.98. The van der Waals surface area contributed by atoms with Crippen molar-refractivity contribution in [3.63, 3.8) is 0 Å². The van der Waals surface area contributed by atoms with Gasteiger partial charge < -0.3 is 15.5 Å². The fourth-order valence-corrected chi connectivity index (χ4v) is 1.28. The van der Waals surface area contributed by atoms with Crippen LogP contribution < -0.4 is 5.32 Å². The largest absolute Gasteiger partial charge is 0.508 e. The van der Waals surface area contributed by atoms with E-state index in [1.54, 1.807) is 12.1 Å². The molecular weight excluding hydrogens is 190 g/mol. The molecule has 3 heteroatoms. The highest BCUT2D eigenvalue weighted by molar-refractivity contribution is 5.52. The van der Waals surface area contributed by atoms with Crippen LogP contribution in [0, 0.1) is 0 Å². The molecule has 0 saturated heterocycles. The molecule has 0 saturated carbocycles. The van der Waals surface area contributed by atoms with Gasteiger partial charge in [0.15, 0.2) is 0 Å². The summed E-state index contributed by atoms with van der Waals surface area (Å²) >= 11 is 0. The molecule has 0 aliphatic heterocycles. The van der Waals surface area contributed by atoms with E-state index in [0.29, 0.717) is 5.56 Å². The molecule has 82 valence electrons. The van der Waals surface area contributed by atoms with Crippen molar-refractivity contribution in [1.82, 2.24) is 5.32 Å². The molecule has 3 nitrogen and oxygen atoms in total. The summed E-state index contributed by atoms with van der Waals surface area (Å²) in [6, 6.07) is 5.21. The molecule has 0 bridgehead atoms. The molecule has 0 fully saturated rings. The number of aliphatic hydroxyl groups excluding tert-OH is 1.